The van der Waals surface area contributed by atoms with E-state index in [0.29, 0.717) is 40.6 Å². The molecular formula is C77H54Cl3N11O3Pd3. The minimum atomic E-state index is 0.513. The van der Waals surface area contributed by atoms with Crippen molar-refractivity contribution in [2.75, 3.05) is 0 Å². The van der Waals surface area contributed by atoms with E-state index in [0.717, 1.165) is 50.8 Å². The van der Waals surface area contributed by atoms with E-state index in [9.17, 15) is 0 Å². The molecule has 15 aromatic rings. The van der Waals surface area contributed by atoms with Crippen molar-refractivity contribution in [2.45, 2.75) is 0 Å². The topological polar surface area (TPSA) is 146 Å². The normalized spacial score (nSPS) is 10.2. The molecule has 0 radical (unpaired) electrons. The van der Waals surface area contributed by atoms with Crippen molar-refractivity contribution < 1.29 is 68.8 Å². The first-order chi connectivity index (χ1) is 48.0. The summed E-state index contributed by atoms with van der Waals surface area (Å²) >= 11 is 6.67. The Hall–Kier alpha value is -9.82. The van der Waals surface area contributed by atoms with E-state index < -0.39 is 0 Å². The van der Waals surface area contributed by atoms with Crippen LogP contribution >= 0.6 is 28.6 Å². The van der Waals surface area contributed by atoms with Crippen LogP contribution in [0.1, 0.15) is 0 Å². The molecule has 0 N–H and O–H groups in total. The first kappa shape index (κ1) is 70.0. The number of nitrogens with zero attached hydrogens (tertiary/aromatic N) is 11. The molecule has 0 saturated carbocycles. The fraction of sp³-hybridized carbons (Fsp3) is 0.0130. The summed E-state index contributed by atoms with van der Waals surface area (Å²) in [6.07, 6.45) is 10.6. The van der Waals surface area contributed by atoms with Gasteiger partial charge in [-0.1, -0.05) is 193 Å². The van der Waals surface area contributed by atoms with Gasteiger partial charge in [-0.3, -0.25) is 4.98 Å². The largest absolute Gasteiger partial charge is 0.466 e. The number of aromatic nitrogens is 11. The van der Waals surface area contributed by atoms with Crippen LogP contribution in [0.15, 0.2) is 310 Å². The van der Waals surface area contributed by atoms with Crippen LogP contribution in [0, 0.1) is 18.2 Å². The average molecular weight is 1610 g/mol. The molecule has 0 amide bonds. The van der Waals surface area contributed by atoms with Crippen molar-refractivity contribution in [1.29, 1.82) is 0 Å². The monoisotopic (exact) mass is 1600 g/mol. The van der Waals surface area contributed by atoms with Gasteiger partial charge in [-0.15, -0.1) is 65.3 Å². The molecule has 486 valence electrons. The van der Waals surface area contributed by atoms with E-state index in [1.165, 1.54) is 33.4 Å². The zero-order valence-electron chi connectivity index (χ0n) is 51.2. The zero-order valence-corrected chi connectivity index (χ0v) is 58.1. The Labute approximate surface area is 606 Å². The smallest absolute Gasteiger partial charge is 0.216 e. The van der Waals surface area contributed by atoms with E-state index in [-0.39, 0.29) is 0 Å². The van der Waals surface area contributed by atoms with Crippen molar-refractivity contribution in [1.82, 2.24) is 54.5 Å². The molecule has 14 nitrogen and oxygen atoms in total. The predicted molar refractivity (Wildman–Crippen MR) is 371 cm³/mol. The van der Waals surface area contributed by atoms with Crippen molar-refractivity contribution >= 4 is 28.6 Å². The van der Waals surface area contributed by atoms with Gasteiger partial charge in [0.1, 0.15) is 11.4 Å². The van der Waals surface area contributed by atoms with Crippen LogP contribution in [0.4, 0.5) is 0 Å². The molecule has 0 bridgehead atoms. The van der Waals surface area contributed by atoms with Gasteiger partial charge in [0.05, 0.1) is 23.9 Å². The fourth-order valence-corrected chi connectivity index (χ4v) is 9.79. The Morgan fingerprint density at radius 3 is 1.21 bits per heavy atom. The Morgan fingerprint density at radius 2 is 0.742 bits per heavy atom. The minimum absolute atomic E-state index is 0.513. The van der Waals surface area contributed by atoms with Crippen LogP contribution in [0.3, 0.4) is 0 Å². The van der Waals surface area contributed by atoms with Gasteiger partial charge in [0.25, 0.3) is 0 Å². The minimum Gasteiger partial charge on any atom is -0.466 e. The molecule has 0 saturated heterocycles. The third-order valence-corrected chi connectivity index (χ3v) is 14.4. The van der Waals surface area contributed by atoms with Gasteiger partial charge in [-0.2, -0.15) is 27.1 Å². The summed E-state index contributed by atoms with van der Waals surface area (Å²) in [7, 11) is 15.5. The Balaban J connectivity index is 0.000000152. The molecule has 0 spiro atoms. The third-order valence-electron chi connectivity index (χ3n) is 14.4. The van der Waals surface area contributed by atoms with E-state index in [2.05, 4.69) is 268 Å². The van der Waals surface area contributed by atoms with E-state index in [1.807, 2.05) is 159 Å². The Morgan fingerprint density at radius 1 is 0.351 bits per heavy atom. The summed E-state index contributed by atoms with van der Waals surface area (Å²) in [5, 5.41) is 17.6. The standard InChI is InChI=1S/C27H20N3O.2C25H17N4O.3ClH.3Pd/c1-30-25(22-15-13-21(14-16-22)20-8-3-2-4-9-20)19-29-27(30)23-10-7-11-24(18-23)31-26-12-5-6-17-28-26;1-2-7-19(8-3-1)20-12-14-21(15-13-20)24-18-29(28-27-24)22-9-6-10-23(17-22)30-25-11-4-5-16-26-25;1-2-7-19(8-3-1)20-12-14-21(15-13-20)24-18-27-29(28-24)22-9-6-10-23(17-22)30-25-11-4-5-16-26-25;;;;;;/h2-17,19H,1H3;2*1-16,18H;3*1H;;;/q3*-1;;;;3*+2/p-3. The number of benzene rings is 9. The molecule has 0 unspecified atom stereocenters. The number of imidazole rings is 1. The molecule has 0 aliphatic carbocycles. The number of rotatable bonds is 15. The molecule has 6 heterocycles. The van der Waals surface area contributed by atoms with Crippen molar-refractivity contribution in [3.63, 3.8) is 0 Å². The summed E-state index contributed by atoms with van der Waals surface area (Å²) in [4.78, 5) is 18.7. The maximum absolute atomic E-state index is 5.82. The van der Waals surface area contributed by atoms with Gasteiger partial charge in [0.15, 0.2) is 0 Å². The van der Waals surface area contributed by atoms with Crippen LogP contribution < -0.4 is 14.2 Å². The predicted octanol–water partition coefficient (Wildman–Crippen LogP) is 19.6. The Bertz CT molecular complexity index is 4600. The molecular weight excluding hydrogens is 1550 g/mol. The van der Waals surface area contributed by atoms with Crippen LogP contribution in [-0.2, 0) is 61.6 Å². The molecule has 20 heteroatoms. The van der Waals surface area contributed by atoms with Gasteiger partial charge in [-0.25, -0.2) is 19.6 Å². The summed E-state index contributed by atoms with van der Waals surface area (Å²) < 4.78 is 21.1. The van der Waals surface area contributed by atoms with Crippen LogP contribution in [0.25, 0.3) is 89.9 Å². The SMILES string of the molecule is Cn1c(-c2ccc(-c3ccccc3)cc2)cnc1-c1[c-]c(Oc2ccccn2)ccc1.[Cl][Pd+].[Cl][Pd+].[Cl][Pd+].[c-]1c(Oc2ccccn2)cccc1-n1cc(-c2ccc(-c3ccccc3)cc2)nn1.[c-]1c(Oc2ccccn2)cccc1-n1ncc(-c2ccc(-c3ccccc3)cc2)n1. The van der Waals surface area contributed by atoms with E-state index in [1.54, 1.807) is 46.4 Å². The van der Waals surface area contributed by atoms with Gasteiger partial charge in [0, 0.05) is 78.4 Å². The fourth-order valence-electron chi connectivity index (χ4n) is 9.79. The average Bonchev–Trinajstić information content (AvgIpc) is 1.71. The molecule has 0 fully saturated rings. The molecule has 0 aliphatic rings. The van der Waals surface area contributed by atoms with Gasteiger partial charge < -0.3 is 18.8 Å². The van der Waals surface area contributed by atoms with E-state index >= 15 is 0 Å². The first-order valence-corrected chi connectivity index (χ1v) is 35.5. The molecule has 97 heavy (non-hydrogen) atoms. The zero-order chi connectivity index (χ0) is 67.4. The van der Waals surface area contributed by atoms with Gasteiger partial charge in [0.2, 0.25) is 17.6 Å². The van der Waals surface area contributed by atoms with Crippen molar-refractivity contribution in [2.24, 2.45) is 7.05 Å². The summed E-state index contributed by atoms with van der Waals surface area (Å²) in [6, 6.07) is 99.4. The Kier molecular flexibility index (Phi) is 26.6. The molecule has 0 atom stereocenters. The third kappa shape index (κ3) is 19.5. The van der Waals surface area contributed by atoms with E-state index in [4.69, 9.17) is 14.2 Å². The van der Waals surface area contributed by atoms with Gasteiger partial charge in [-0.05, 0) is 68.5 Å². The molecule has 0 aliphatic heterocycles. The quantitative estimate of drug-likeness (QED) is 0.0714. The van der Waals surface area contributed by atoms with Crippen LogP contribution in [0.2, 0.25) is 0 Å². The number of pyridine rings is 3. The number of halogens is 3. The first-order valence-electron chi connectivity index (χ1n) is 29.5. The summed E-state index contributed by atoms with van der Waals surface area (Å²) in [5.41, 5.74) is 15.1. The maximum atomic E-state index is 5.82. The second-order valence-corrected chi connectivity index (χ2v) is 20.5. The number of ether oxygens (including phenoxy) is 3. The van der Waals surface area contributed by atoms with Crippen LogP contribution in [-0.4, -0.2) is 54.5 Å². The number of hydrogen-bond acceptors (Lipinski definition) is 11. The second kappa shape index (κ2) is 36.9. The van der Waals surface area contributed by atoms with Gasteiger partial charge >= 0.3 is 83.1 Å². The van der Waals surface area contributed by atoms with Crippen molar-refractivity contribution in [3.8, 4) is 125 Å². The second-order valence-electron chi connectivity index (χ2n) is 20.5. The number of hydrogen-bond donors (Lipinski definition) is 0. The maximum Gasteiger partial charge on any atom is 0.216 e. The molecule has 6 aromatic heterocycles. The molecule has 15 rings (SSSR count). The van der Waals surface area contributed by atoms with Crippen LogP contribution in [0.5, 0.6) is 34.9 Å². The molecule has 9 aromatic carbocycles. The van der Waals surface area contributed by atoms with Crippen molar-refractivity contribution in [3.05, 3.63) is 328 Å². The summed E-state index contributed by atoms with van der Waals surface area (Å²) in [5.74, 6) is 4.12. The summed E-state index contributed by atoms with van der Waals surface area (Å²) in [6.45, 7) is 0.